The molecule has 3 rings (SSSR count). The molecule has 2 aromatic rings. The van der Waals surface area contributed by atoms with Crippen molar-refractivity contribution in [2.75, 3.05) is 30.3 Å². The molecule has 1 aliphatic heterocycles. The van der Waals surface area contributed by atoms with Crippen LogP contribution in [-0.2, 0) is 0 Å². The summed E-state index contributed by atoms with van der Waals surface area (Å²) in [6, 6.07) is 9.75. The summed E-state index contributed by atoms with van der Waals surface area (Å²) in [5, 5.41) is 8.56. The molecule has 1 aliphatic rings. The molecule has 0 saturated carbocycles. The van der Waals surface area contributed by atoms with Crippen molar-refractivity contribution in [1.82, 2.24) is 9.97 Å². The molecule has 2 heterocycles. The molecule has 132 valence electrons. The highest BCUT2D eigenvalue weighted by Crippen LogP contribution is 2.32. The molecular formula is C18H24N6S. The van der Waals surface area contributed by atoms with E-state index in [1.54, 1.807) is 6.20 Å². The fourth-order valence-electron chi connectivity index (χ4n) is 2.86. The van der Waals surface area contributed by atoms with Crippen molar-refractivity contribution in [1.29, 1.82) is 5.41 Å². The fourth-order valence-corrected chi connectivity index (χ4v) is 3.64. The zero-order valence-corrected chi connectivity index (χ0v) is 15.2. The second-order valence-corrected chi connectivity index (χ2v) is 7.79. The number of aromatic nitrogens is 2. The maximum Gasteiger partial charge on any atom is 0.154 e. The molecule has 1 saturated heterocycles. The molecule has 25 heavy (non-hydrogen) atoms. The minimum atomic E-state index is 0.212. The summed E-state index contributed by atoms with van der Waals surface area (Å²) in [5.41, 5.74) is 12.6. The third-order valence-corrected chi connectivity index (χ3v) is 5.66. The van der Waals surface area contributed by atoms with Gasteiger partial charge in [0.2, 0.25) is 0 Å². The minimum Gasteiger partial charge on any atom is -0.382 e. The molecular weight excluding hydrogens is 332 g/mol. The molecule has 0 aliphatic carbocycles. The smallest absolute Gasteiger partial charge is 0.154 e. The maximum absolute atomic E-state index is 8.25. The van der Waals surface area contributed by atoms with Crippen molar-refractivity contribution in [3.05, 3.63) is 42.2 Å². The van der Waals surface area contributed by atoms with Crippen LogP contribution in [0.2, 0.25) is 0 Å². The fraction of sp³-hybridized carbons (Fsp3) is 0.389. The predicted molar refractivity (Wildman–Crippen MR) is 104 cm³/mol. The number of nitrogens with two attached hydrogens (primary N) is 2. The van der Waals surface area contributed by atoms with Crippen LogP contribution in [0.4, 0.5) is 11.6 Å². The van der Waals surface area contributed by atoms with Gasteiger partial charge in [-0.1, -0.05) is 36.9 Å². The average Bonchev–Trinajstić information content (AvgIpc) is 2.63. The summed E-state index contributed by atoms with van der Waals surface area (Å²) in [4.78, 5) is 12.1. The van der Waals surface area contributed by atoms with Gasteiger partial charge in [-0.3, -0.25) is 5.41 Å². The van der Waals surface area contributed by atoms with Crippen LogP contribution in [0.15, 0.2) is 41.4 Å². The summed E-state index contributed by atoms with van der Waals surface area (Å²) >= 11 is 1.33. The monoisotopic (exact) mass is 356 g/mol. The van der Waals surface area contributed by atoms with Gasteiger partial charge < -0.3 is 16.4 Å². The first-order valence-electron chi connectivity index (χ1n) is 8.40. The quantitative estimate of drug-likeness (QED) is 0.442. The Morgan fingerprint density at radius 2 is 1.96 bits per heavy atom. The summed E-state index contributed by atoms with van der Waals surface area (Å²) < 4.78 is 0. The van der Waals surface area contributed by atoms with Gasteiger partial charge >= 0.3 is 0 Å². The Hall–Kier alpha value is -2.12. The molecule has 1 aromatic carbocycles. The van der Waals surface area contributed by atoms with E-state index in [0.29, 0.717) is 23.1 Å². The van der Waals surface area contributed by atoms with E-state index in [-0.39, 0.29) is 5.41 Å². The standard InChI is InChI=1S/C18H24N6S/c1-18(12-19)7-9-24(10-8-18)14-11-22-15(16(20)23-14)17(21)25-13-5-3-2-4-6-13/h2-6,11,21H,7-10,12,19H2,1H3,(H2,20,23). The van der Waals surface area contributed by atoms with E-state index in [0.717, 1.165) is 36.6 Å². The number of hydrogen-bond acceptors (Lipinski definition) is 7. The Kier molecular flexibility index (Phi) is 5.24. The lowest BCUT2D eigenvalue weighted by Crippen LogP contribution is -2.42. The van der Waals surface area contributed by atoms with Gasteiger partial charge in [-0.15, -0.1) is 0 Å². The van der Waals surface area contributed by atoms with E-state index in [9.17, 15) is 0 Å². The van der Waals surface area contributed by atoms with Crippen LogP contribution in [0.5, 0.6) is 0 Å². The Balaban J connectivity index is 1.70. The first kappa shape index (κ1) is 17.7. The van der Waals surface area contributed by atoms with E-state index >= 15 is 0 Å². The van der Waals surface area contributed by atoms with Gasteiger partial charge in [-0.2, -0.15) is 0 Å². The molecule has 0 radical (unpaired) electrons. The number of nitrogen functional groups attached to an aromatic ring is 1. The molecule has 0 spiro atoms. The van der Waals surface area contributed by atoms with Crippen LogP contribution in [0, 0.1) is 10.8 Å². The third kappa shape index (κ3) is 4.11. The molecule has 0 amide bonds. The lowest BCUT2D eigenvalue weighted by atomic mass is 9.80. The van der Waals surface area contributed by atoms with E-state index in [4.69, 9.17) is 16.9 Å². The van der Waals surface area contributed by atoms with Crippen molar-refractivity contribution < 1.29 is 0 Å². The van der Waals surface area contributed by atoms with Crippen LogP contribution in [0.25, 0.3) is 0 Å². The number of hydrogen-bond donors (Lipinski definition) is 3. The normalized spacial score (nSPS) is 16.6. The van der Waals surface area contributed by atoms with Gasteiger partial charge in [-0.05, 0) is 36.9 Å². The average molecular weight is 356 g/mol. The molecule has 1 aromatic heterocycles. The molecule has 7 heteroatoms. The molecule has 0 bridgehead atoms. The summed E-state index contributed by atoms with van der Waals surface area (Å²) in [7, 11) is 0. The largest absolute Gasteiger partial charge is 0.382 e. The first-order chi connectivity index (χ1) is 12.0. The topological polar surface area (TPSA) is 105 Å². The van der Waals surface area contributed by atoms with Crippen LogP contribution >= 0.6 is 11.8 Å². The molecule has 0 unspecified atom stereocenters. The number of rotatable bonds is 4. The first-order valence-corrected chi connectivity index (χ1v) is 9.22. The number of benzene rings is 1. The van der Waals surface area contributed by atoms with Crippen LogP contribution in [0.1, 0.15) is 25.5 Å². The lowest BCUT2D eigenvalue weighted by molar-refractivity contribution is 0.258. The van der Waals surface area contributed by atoms with Crippen LogP contribution in [0.3, 0.4) is 0 Å². The molecule has 1 fully saturated rings. The molecule has 6 nitrogen and oxygen atoms in total. The number of anilines is 2. The zero-order chi connectivity index (χ0) is 17.9. The lowest BCUT2D eigenvalue weighted by Gasteiger charge is -2.39. The Labute approximate surface area is 152 Å². The number of nitrogens with zero attached hydrogens (tertiary/aromatic N) is 3. The van der Waals surface area contributed by atoms with Crippen molar-refractivity contribution in [2.45, 2.75) is 24.7 Å². The number of nitrogens with one attached hydrogen (secondary N) is 1. The van der Waals surface area contributed by atoms with E-state index in [2.05, 4.69) is 21.8 Å². The highest BCUT2D eigenvalue weighted by atomic mass is 32.2. The SMILES string of the molecule is CC1(CN)CCN(c2cnc(C(=N)Sc3ccccc3)c(N)n2)CC1. The second-order valence-electron chi connectivity index (χ2n) is 6.71. The summed E-state index contributed by atoms with van der Waals surface area (Å²) in [6.07, 6.45) is 3.79. The van der Waals surface area contributed by atoms with Gasteiger partial charge in [0.25, 0.3) is 0 Å². The minimum absolute atomic E-state index is 0.212. The van der Waals surface area contributed by atoms with E-state index in [1.165, 1.54) is 11.8 Å². The van der Waals surface area contributed by atoms with Crippen molar-refractivity contribution in [2.24, 2.45) is 11.1 Å². The zero-order valence-electron chi connectivity index (χ0n) is 14.4. The Bertz CT molecular complexity index is 740. The Morgan fingerprint density at radius 3 is 2.56 bits per heavy atom. The van der Waals surface area contributed by atoms with Crippen molar-refractivity contribution in [3.63, 3.8) is 0 Å². The second kappa shape index (κ2) is 7.41. The van der Waals surface area contributed by atoms with Crippen molar-refractivity contribution >= 4 is 28.4 Å². The van der Waals surface area contributed by atoms with E-state index < -0.39 is 0 Å². The van der Waals surface area contributed by atoms with Crippen molar-refractivity contribution in [3.8, 4) is 0 Å². The third-order valence-electron chi connectivity index (χ3n) is 4.75. The molecule has 5 N–H and O–H groups in total. The van der Waals surface area contributed by atoms with Gasteiger partial charge in [0.15, 0.2) is 5.82 Å². The number of thioether (sulfide) groups is 1. The predicted octanol–water partition coefficient (Wildman–Crippen LogP) is 2.74. The van der Waals surface area contributed by atoms with Gasteiger partial charge in [0, 0.05) is 18.0 Å². The van der Waals surface area contributed by atoms with Gasteiger partial charge in [-0.25, -0.2) is 9.97 Å². The molecule has 0 atom stereocenters. The highest BCUT2D eigenvalue weighted by molar-refractivity contribution is 8.14. The highest BCUT2D eigenvalue weighted by Gasteiger charge is 2.29. The van der Waals surface area contributed by atoms with Crippen LogP contribution in [-0.4, -0.2) is 34.6 Å². The van der Waals surface area contributed by atoms with Gasteiger partial charge in [0.05, 0.1) is 6.20 Å². The summed E-state index contributed by atoms with van der Waals surface area (Å²) in [6.45, 7) is 4.74. The van der Waals surface area contributed by atoms with Crippen LogP contribution < -0.4 is 16.4 Å². The Morgan fingerprint density at radius 1 is 1.28 bits per heavy atom. The summed E-state index contributed by atoms with van der Waals surface area (Å²) in [5.74, 6) is 1.08. The number of piperidine rings is 1. The van der Waals surface area contributed by atoms with Gasteiger partial charge in [0.1, 0.15) is 16.6 Å². The van der Waals surface area contributed by atoms with E-state index in [1.807, 2.05) is 30.3 Å². The maximum atomic E-state index is 8.25.